The summed E-state index contributed by atoms with van der Waals surface area (Å²) in [5.74, 6) is 0.419. The molecule has 0 unspecified atom stereocenters. The fraction of sp³-hybridized carbons (Fsp3) is 0.462. The number of carbonyl (C=O) groups is 1. The van der Waals surface area contributed by atoms with E-state index >= 15 is 0 Å². The first-order chi connectivity index (χ1) is 8.60. The molecule has 0 aromatic heterocycles. The summed E-state index contributed by atoms with van der Waals surface area (Å²) in [6.45, 7) is 0.558. The number of nitrogens with one attached hydrogen (secondary N) is 1. The van der Waals surface area contributed by atoms with E-state index in [1.807, 2.05) is 0 Å². The number of phenolic OH excluding ortho intramolecular Hbond substituents is 1. The SMILES string of the molecule is COc1ccc(C(=O)NCC2CC(O)C2)cc1O. The molecule has 0 atom stereocenters. The number of hydrogen-bond acceptors (Lipinski definition) is 4. The lowest BCUT2D eigenvalue weighted by Crippen LogP contribution is -2.38. The van der Waals surface area contributed by atoms with E-state index in [2.05, 4.69) is 5.32 Å². The average Bonchev–Trinajstić information content (AvgIpc) is 2.32. The summed E-state index contributed by atoms with van der Waals surface area (Å²) in [6, 6.07) is 4.53. The zero-order valence-corrected chi connectivity index (χ0v) is 10.2. The van der Waals surface area contributed by atoms with E-state index in [0.29, 0.717) is 23.8 Å². The van der Waals surface area contributed by atoms with Crippen LogP contribution in [-0.2, 0) is 0 Å². The Labute approximate surface area is 105 Å². The Balaban J connectivity index is 1.90. The molecule has 1 fully saturated rings. The average molecular weight is 251 g/mol. The van der Waals surface area contributed by atoms with Crippen molar-refractivity contribution in [3.63, 3.8) is 0 Å². The minimum Gasteiger partial charge on any atom is -0.504 e. The molecule has 0 spiro atoms. The Hall–Kier alpha value is -1.75. The molecule has 2 rings (SSSR count). The number of ether oxygens (including phenoxy) is 1. The van der Waals surface area contributed by atoms with Crippen molar-refractivity contribution in [1.82, 2.24) is 5.32 Å². The summed E-state index contributed by atoms with van der Waals surface area (Å²) in [5.41, 5.74) is 0.396. The molecular weight excluding hydrogens is 234 g/mol. The van der Waals surface area contributed by atoms with Crippen LogP contribution in [-0.4, -0.2) is 35.9 Å². The van der Waals surface area contributed by atoms with E-state index in [9.17, 15) is 9.90 Å². The number of aromatic hydroxyl groups is 1. The maximum Gasteiger partial charge on any atom is 0.251 e. The van der Waals surface area contributed by atoms with Crippen molar-refractivity contribution in [3.8, 4) is 11.5 Å². The molecule has 1 aromatic rings. The van der Waals surface area contributed by atoms with Crippen LogP contribution in [0.5, 0.6) is 11.5 Å². The summed E-state index contributed by atoms with van der Waals surface area (Å²) in [4.78, 5) is 11.8. The number of hydrogen-bond donors (Lipinski definition) is 3. The molecule has 3 N–H and O–H groups in total. The van der Waals surface area contributed by atoms with Gasteiger partial charge in [0.1, 0.15) is 0 Å². The van der Waals surface area contributed by atoms with Gasteiger partial charge in [-0.1, -0.05) is 0 Å². The van der Waals surface area contributed by atoms with Crippen LogP contribution in [0.25, 0.3) is 0 Å². The van der Waals surface area contributed by atoms with Crippen LogP contribution in [0.1, 0.15) is 23.2 Å². The number of amides is 1. The van der Waals surface area contributed by atoms with Crippen molar-refractivity contribution < 1.29 is 19.7 Å². The number of carbonyl (C=O) groups excluding carboxylic acids is 1. The predicted molar refractivity (Wildman–Crippen MR) is 65.7 cm³/mol. The molecule has 18 heavy (non-hydrogen) atoms. The molecule has 1 amide bonds. The maximum absolute atomic E-state index is 11.8. The zero-order chi connectivity index (χ0) is 13.1. The van der Waals surface area contributed by atoms with Gasteiger partial charge >= 0.3 is 0 Å². The van der Waals surface area contributed by atoms with Gasteiger partial charge in [-0.2, -0.15) is 0 Å². The van der Waals surface area contributed by atoms with Gasteiger partial charge in [-0.25, -0.2) is 0 Å². The third kappa shape index (κ3) is 2.73. The number of methoxy groups -OCH3 is 1. The Bertz CT molecular complexity index is 441. The van der Waals surface area contributed by atoms with Crippen LogP contribution in [0, 0.1) is 5.92 Å². The smallest absolute Gasteiger partial charge is 0.251 e. The quantitative estimate of drug-likeness (QED) is 0.743. The third-order valence-electron chi connectivity index (χ3n) is 3.20. The Morgan fingerprint density at radius 2 is 2.22 bits per heavy atom. The molecule has 0 heterocycles. The van der Waals surface area contributed by atoms with Gasteiger partial charge in [0.05, 0.1) is 13.2 Å². The van der Waals surface area contributed by atoms with Crippen LogP contribution in [0.4, 0.5) is 0 Å². The van der Waals surface area contributed by atoms with E-state index in [0.717, 1.165) is 12.8 Å². The molecule has 1 saturated carbocycles. The van der Waals surface area contributed by atoms with Crippen molar-refractivity contribution in [2.75, 3.05) is 13.7 Å². The van der Waals surface area contributed by atoms with Crippen LogP contribution >= 0.6 is 0 Å². The number of phenols is 1. The van der Waals surface area contributed by atoms with E-state index in [1.165, 1.54) is 13.2 Å². The summed E-state index contributed by atoms with van der Waals surface area (Å²) >= 11 is 0. The van der Waals surface area contributed by atoms with Gasteiger partial charge in [0.25, 0.3) is 5.91 Å². The highest BCUT2D eigenvalue weighted by Crippen LogP contribution is 2.27. The second-order valence-corrected chi connectivity index (χ2v) is 4.59. The van der Waals surface area contributed by atoms with E-state index < -0.39 is 0 Å². The largest absolute Gasteiger partial charge is 0.504 e. The van der Waals surface area contributed by atoms with Crippen LogP contribution in [0.2, 0.25) is 0 Å². The first-order valence-electron chi connectivity index (χ1n) is 5.93. The Morgan fingerprint density at radius 3 is 2.78 bits per heavy atom. The van der Waals surface area contributed by atoms with Crippen molar-refractivity contribution >= 4 is 5.91 Å². The molecule has 0 radical (unpaired) electrons. The fourth-order valence-corrected chi connectivity index (χ4v) is 2.04. The molecule has 1 aliphatic rings. The van der Waals surface area contributed by atoms with Crippen molar-refractivity contribution in [3.05, 3.63) is 23.8 Å². The highest BCUT2D eigenvalue weighted by Gasteiger charge is 2.27. The van der Waals surface area contributed by atoms with Gasteiger partial charge in [0.15, 0.2) is 11.5 Å². The number of rotatable bonds is 4. The molecule has 1 aliphatic carbocycles. The van der Waals surface area contributed by atoms with E-state index in [1.54, 1.807) is 12.1 Å². The maximum atomic E-state index is 11.8. The summed E-state index contributed by atoms with van der Waals surface area (Å²) in [7, 11) is 1.46. The zero-order valence-electron chi connectivity index (χ0n) is 10.2. The fourth-order valence-electron chi connectivity index (χ4n) is 2.04. The summed E-state index contributed by atoms with van der Waals surface area (Å²) in [5, 5.41) is 21.5. The lowest BCUT2D eigenvalue weighted by Gasteiger charge is -2.31. The molecule has 0 aliphatic heterocycles. The van der Waals surface area contributed by atoms with Crippen molar-refractivity contribution in [2.24, 2.45) is 5.92 Å². The van der Waals surface area contributed by atoms with Gasteiger partial charge in [-0.3, -0.25) is 4.79 Å². The van der Waals surface area contributed by atoms with E-state index in [4.69, 9.17) is 9.84 Å². The number of aliphatic hydroxyl groups excluding tert-OH is 1. The predicted octanol–water partition coefficient (Wildman–Crippen LogP) is 0.901. The first kappa shape index (κ1) is 12.7. The van der Waals surface area contributed by atoms with Crippen LogP contribution in [0.3, 0.4) is 0 Å². The molecule has 0 saturated heterocycles. The highest BCUT2D eigenvalue weighted by molar-refractivity contribution is 5.94. The summed E-state index contributed by atoms with van der Waals surface area (Å²) in [6.07, 6.45) is 1.28. The topological polar surface area (TPSA) is 78.8 Å². The van der Waals surface area contributed by atoms with Gasteiger partial charge in [0.2, 0.25) is 0 Å². The third-order valence-corrected chi connectivity index (χ3v) is 3.20. The normalized spacial score (nSPS) is 22.1. The molecule has 5 heteroatoms. The highest BCUT2D eigenvalue weighted by atomic mass is 16.5. The van der Waals surface area contributed by atoms with Gasteiger partial charge in [-0.05, 0) is 37.0 Å². The lowest BCUT2D eigenvalue weighted by molar-refractivity contribution is 0.0420. The number of aliphatic hydroxyl groups is 1. The monoisotopic (exact) mass is 251 g/mol. The first-order valence-corrected chi connectivity index (χ1v) is 5.93. The molecule has 0 bridgehead atoms. The number of benzene rings is 1. The second-order valence-electron chi connectivity index (χ2n) is 4.59. The minimum atomic E-state index is -0.227. The van der Waals surface area contributed by atoms with Crippen LogP contribution < -0.4 is 10.1 Å². The molecule has 98 valence electrons. The molecule has 5 nitrogen and oxygen atoms in total. The van der Waals surface area contributed by atoms with Gasteiger partial charge < -0.3 is 20.3 Å². The molecular formula is C13H17NO4. The van der Waals surface area contributed by atoms with Crippen molar-refractivity contribution in [1.29, 1.82) is 0 Å². The van der Waals surface area contributed by atoms with Crippen molar-refractivity contribution in [2.45, 2.75) is 18.9 Å². The Morgan fingerprint density at radius 1 is 1.50 bits per heavy atom. The molecule has 1 aromatic carbocycles. The Kier molecular flexibility index (Phi) is 3.72. The lowest BCUT2D eigenvalue weighted by atomic mass is 9.82. The second kappa shape index (κ2) is 5.27. The van der Waals surface area contributed by atoms with Gasteiger partial charge in [0, 0.05) is 12.1 Å². The van der Waals surface area contributed by atoms with Gasteiger partial charge in [-0.15, -0.1) is 0 Å². The van der Waals surface area contributed by atoms with E-state index in [-0.39, 0.29) is 17.8 Å². The summed E-state index contributed by atoms with van der Waals surface area (Å²) < 4.78 is 4.91. The minimum absolute atomic E-state index is 0.0517. The standard InChI is InChI=1S/C13H17NO4/c1-18-12-3-2-9(6-11(12)16)13(17)14-7-8-4-10(15)5-8/h2-3,6,8,10,15-16H,4-5,7H2,1H3,(H,14,17). The van der Waals surface area contributed by atoms with Crippen LogP contribution in [0.15, 0.2) is 18.2 Å².